The predicted octanol–water partition coefficient (Wildman–Crippen LogP) is 7.43. The zero-order valence-electron chi connectivity index (χ0n) is 19.5. The molecule has 1 aromatic carbocycles. The lowest BCUT2D eigenvalue weighted by atomic mass is 9.80. The van der Waals surface area contributed by atoms with Crippen LogP contribution in [0.1, 0.15) is 91.5 Å². The molecule has 7 atom stereocenters. The van der Waals surface area contributed by atoms with Gasteiger partial charge in [0.2, 0.25) is 6.29 Å². The molecule has 0 amide bonds. The molecule has 3 fully saturated rings. The van der Waals surface area contributed by atoms with Gasteiger partial charge in [-0.05, 0) is 84.8 Å². The molecule has 0 radical (unpaired) electrons. The smallest absolute Gasteiger partial charge is 0.202 e. The van der Waals surface area contributed by atoms with E-state index in [1.54, 1.807) is 0 Å². The molecular formula is C27H42O2. The molecule has 3 aliphatic rings. The van der Waals surface area contributed by atoms with Crippen LogP contribution in [0.5, 0.6) is 5.75 Å². The quantitative estimate of drug-likeness (QED) is 0.445. The van der Waals surface area contributed by atoms with Crippen LogP contribution < -0.4 is 4.74 Å². The summed E-state index contributed by atoms with van der Waals surface area (Å²) in [6.07, 6.45) is 8.49. The molecule has 29 heavy (non-hydrogen) atoms. The molecule has 0 aliphatic heterocycles. The number of hydrogen-bond acceptors (Lipinski definition) is 2. The molecule has 0 N–H and O–H groups in total. The fourth-order valence-corrected chi connectivity index (χ4v) is 6.70. The van der Waals surface area contributed by atoms with E-state index in [1.165, 1.54) is 44.1 Å². The maximum absolute atomic E-state index is 6.64. The predicted molar refractivity (Wildman–Crippen MR) is 120 cm³/mol. The first-order valence-electron chi connectivity index (χ1n) is 12.1. The zero-order chi connectivity index (χ0) is 20.8. The highest BCUT2D eigenvalue weighted by Crippen LogP contribution is 2.59. The first-order chi connectivity index (χ1) is 13.7. The van der Waals surface area contributed by atoms with E-state index < -0.39 is 0 Å². The number of rotatable bonds is 7. The van der Waals surface area contributed by atoms with Crippen molar-refractivity contribution in [3.8, 4) is 5.75 Å². The lowest BCUT2D eigenvalue weighted by molar-refractivity contribution is -0.162. The highest BCUT2D eigenvalue weighted by atomic mass is 16.7. The van der Waals surface area contributed by atoms with Crippen molar-refractivity contribution in [3.05, 3.63) is 29.8 Å². The topological polar surface area (TPSA) is 18.5 Å². The van der Waals surface area contributed by atoms with Gasteiger partial charge in [-0.25, -0.2) is 0 Å². The third-order valence-electron chi connectivity index (χ3n) is 7.84. The van der Waals surface area contributed by atoms with Crippen LogP contribution in [-0.4, -0.2) is 12.4 Å². The van der Waals surface area contributed by atoms with Gasteiger partial charge in [0, 0.05) is 5.92 Å². The van der Waals surface area contributed by atoms with Gasteiger partial charge in [-0.3, -0.25) is 0 Å². The van der Waals surface area contributed by atoms with E-state index in [4.69, 9.17) is 9.47 Å². The van der Waals surface area contributed by atoms with Crippen molar-refractivity contribution in [2.75, 3.05) is 0 Å². The normalized spacial score (nSPS) is 33.1. The fourth-order valence-electron chi connectivity index (χ4n) is 6.70. The van der Waals surface area contributed by atoms with Gasteiger partial charge in [-0.15, -0.1) is 0 Å². The van der Waals surface area contributed by atoms with Crippen LogP contribution in [0, 0.1) is 35.0 Å². The summed E-state index contributed by atoms with van der Waals surface area (Å²) >= 11 is 0. The van der Waals surface area contributed by atoms with E-state index in [1.807, 2.05) is 0 Å². The van der Waals surface area contributed by atoms with Gasteiger partial charge in [0.15, 0.2) is 0 Å². The van der Waals surface area contributed by atoms with Crippen LogP contribution in [0.25, 0.3) is 0 Å². The average molecular weight is 399 g/mol. The maximum atomic E-state index is 6.64. The molecule has 2 bridgehead atoms. The standard InChI is InChI=1S/C27H42O2/c1-17(2)26(29-25-15-20-14-24(25)23-9-7-8-22(20)23)28-21-12-10-19(11-13-21)18(3)16-27(4,5)6/h10-13,17-18,20,22-26H,7-9,14-16H2,1-6H3. The van der Waals surface area contributed by atoms with Crippen LogP contribution >= 0.6 is 0 Å². The van der Waals surface area contributed by atoms with Crippen LogP contribution in [0.2, 0.25) is 0 Å². The van der Waals surface area contributed by atoms with Crippen molar-refractivity contribution < 1.29 is 9.47 Å². The van der Waals surface area contributed by atoms with Gasteiger partial charge >= 0.3 is 0 Å². The molecule has 4 rings (SSSR count). The summed E-state index contributed by atoms with van der Waals surface area (Å²) in [4.78, 5) is 0. The second kappa shape index (κ2) is 8.25. The second-order valence-corrected chi connectivity index (χ2v) is 11.8. The first kappa shape index (κ1) is 21.2. The van der Waals surface area contributed by atoms with Crippen LogP contribution in [0.3, 0.4) is 0 Å². The Morgan fingerprint density at radius 2 is 1.62 bits per heavy atom. The van der Waals surface area contributed by atoms with E-state index in [0.717, 1.165) is 29.4 Å². The molecule has 162 valence electrons. The third-order valence-corrected chi connectivity index (χ3v) is 7.84. The van der Waals surface area contributed by atoms with Crippen LogP contribution in [0.15, 0.2) is 24.3 Å². The largest absolute Gasteiger partial charge is 0.465 e. The van der Waals surface area contributed by atoms with E-state index >= 15 is 0 Å². The average Bonchev–Trinajstić information content (AvgIpc) is 3.33. The van der Waals surface area contributed by atoms with Crippen molar-refractivity contribution >= 4 is 0 Å². The first-order valence-corrected chi connectivity index (χ1v) is 12.1. The summed E-state index contributed by atoms with van der Waals surface area (Å²) in [5.41, 5.74) is 1.75. The maximum Gasteiger partial charge on any atom is 0.202 e. The summed E-state index contributed by atoms with van der Waals surface area (Å²) in [6.45, 7) is 13.7. The van der Waals surface area contributed by atoms with E-state index in [-0.39, 0.29) is 6.29 Å². The minimum absolute atomic E-state index is 0.142. The van der Waals surface area contributed by atoms with Crippen LogP contribution in [-0.2, 0) is 4.74 Å². The van der Waals surface area contributed by atoms with Gasteiger partial charge < -0.3 is 9.47 Å². The van der Waals surface area contributed by atoms with Gasteiger partial charge in [0.1, 0.15) is 5.75 Å². The molecule has 0 saturated heterocycles. The summed E-state index contributed by atoms with van der Waals surface area (Å²) in [7, 11) is 0. The molecule has 2 nitrogen and oxygen atoms in total. The number of fused-ring (bicyclic) bond motifs is 5. The summed E-state index contributed by atoms with van der Waals surface area (Å²) in [5.74, 6) is 5.53. The van der Waals surface area contributed by atoms with Crippen molar-refractivity contribution in [2.24, 2.45) is 35.0 Å². The lowest BCUT2D eigenvalue weighted by Crippen LogP contribution is -2.37. The fraction of sp³-hybridized carbons (Fsp3) is 0.778. The Morgan fingerprint density at radius 1 is 0.931 bits per heavy atom. The number of benzene rings is 1. The second-order valence-electron chi connectivity index (χ2n) is 11.8. The Kier molecular flexibility index (Phi) is 6.04. The molecular weight excluding hydrogens is 356 g/mol. The van der Waals surface area contributed by atoms with Crippen molar-refractivity contribution in [3.63, 3.8) is 0 Å². The monoisotopic (exact) mass is 398 g/mol. The van der Waals surface area contributed by atoms with Crippen molar-refractivity contribution in [1.82, 2.24) is 0 Å². The minimum atomic E-state index is -0.142. The third kappa shape index (κ3) is 4.68. The molecule has 0 heterocycles. The Hall–Kier alpha value is -1.02. The van der Waals surface area contributed by atoms with Crippen LogP contribution in [0.4, 0.5) is 0 Å². The van der Waals surface area contributed by atoms with Gasteiger partial charge in [-0.1, -0.05) is 60.1 Å². The number of ether oxygens (including phenoxy) is 2. The van der Waals surface area contributed by atoms with Gasteiger partial charge in [-0.2, -0.15) is 0 Å². The van der Waals surface area contributed by atoms with Gasteiger partial charge in [0.05, 0.1) is 6.10 Å². The van der Waals surface area contributed by atoms with E-state index in [2.05, 4.69) is 65.8 Å². The van der Waals surface area contributed by atoms with Gasteiger partial charge in [0.25, 0.3) is 0 Å². The highest BCUT2D eigenvalue weighted by Gasteiger charge is 2.54. The van der Waals surface area contributed by atoms with E-state index in [0.29, 0.717) is 23.4 Å². The summed E-state index contributed by atoms with van der Waals surface area (Å²) in [5, 5.41) is 0. The van der Waals surface area contributed by atoms with E-state index in [9.17, 15) is 0 Å². The Bertz CT molecular complexity index is 671. The summed E-state index contributed by atoms with van der Waals surface area (Å²) < 4.78 is 13.0. The molecule has 0 aromatic heterocycles. The molecule has 3 saturated carbocycles. The Labute approximate surface area is 178 Å². The summed E-state index contributed by atoms with van der Waals surface area (Å²) in [6, 6.07) is 8.76. The lowest BCUT2D eigenvalue weighted by Gasteiger charge is -2.35. The highest BCUT2D eigenvalue weighted by molar-refractivity contribution is 5.29. The molecule has 7 unspecified atom stereocenters. The van der Waals surface area contributed by atoms with Crippen molar-refractivity contribution in [2.45, 2.75) is 98.4 Å². The molecule has 0 spiro atoms. The minimum Gasteiger partial charge on any atom is -0.465 e. The Morgan fingerprint density at radius 3 is 2.28 bits per heavy atom. The Balaban J connectivity index is 1.36. The molecule has 3 aliphatic carbocycles. The zero-order valence-corrected chi connectivity index (χ0v) is 19.5. The van der Waals surface area contributed by atoms with Crippen molar-refractivity contribution in [1.29, 1.82) is 0 Å². The number of hydrogen-bond donors (Lipinski definition) is 0. The molecule has 1 aromatic rings. The SMILES string of the molecule is CC(CC(C)(C)C)c1ccc(OC(OC2CC3CC2C2CCCC32)C(C)C)cc1. The molecule has 2 heteroatoms.